The normalized spacial score (nSPS) is 13.9. The SMILES string of the molecule is Cc1cc2c(cc1C)N=C(c1cccc(Oc3cccc(S(C)(=O)=O)c3)c1)CC(=O)C2. The summed E-state index contributed by atoms with van der Waals surface area (Å²) in [5.74, 6) is 1.09. The maximum absolute atomic E-state index is 12.6. The number of carbonyl (C=O) groups is 1. The van der Waals surface area contributed by atoms with Crippen molar-refractivity contribution in [1.29, 1.82) is 0 Å². The Hall–Kier alpha value is -3.25. The lowest BCUT2D eigenvalue weighted by molar-refractivity contribution is -0.117. The summed E-state index contributed by atoms with van der Waals surface area (Å²) >= 11 is 0. The number of aryl methyl sites for hydroxylation is 2. The Bertz CT molecular complexity index is 1320. The Balaban J connectivity index is 1.68. The second-order valence-corrected chi connectivity index (χ2v) is 9.91. The molecule has 0 saturated carbocycles. The average molecular weight is 434 g/mol. The lowest BCUT2D eigenvalue weighted by atomic mass is 9.99. The highest BCUT2D eigenvalue weighted by atomic mass is 32.2. The Kier molecular flexibility index (Phi) is 5.50. The Morgan fingerprint density at radius 2 is 1.55 bits per heavy atom. The molecule has 3 aromatic rings. The first-order valence-corrected chi connectivity index (χ1v) is 11.9. The van der Waals surface area contributed by atoms with Crippen molar-refractivity contribution < 1.29 is 17.9 Å². The van der Waals surface area contributed by atoms with E-state index in [9.17, 15) is 13.2 Å². The molecule has 0 bridgehead atoms. The van der Waals surface area contributed by atoms with Crippen LogP contribution in [-0.2, 0) is 21.1 Å². The highest BCUT2D eigenvalue weighted by molar-refractivity contribution is 7.90. The zero-order chi connectivity index (χ0) is 22.2. The topological polar surface area (TPSA) is 72.8 Å². The van der Waals surface area contributed by atoms with Crippen molar-refractivity contribution >= 4 is 27.0 Å². The summed E-state index contributed by atoms with van der Waals surface area (Å²) in [5, 5.41) is 0. The van der Waals surface area contributed by atoms with Crippen molar-refractivity contribution in [3.05, 3.63) is 82.9 Å². The molecule has 0 atom stereocenters. The van der Waals surface area contributed by atoms with Crippen molar-refractivity contribution in [2.45, 2.75) is 31.6 Å². The number of hydrogen-bond donors (Lipinski definition) is 0. The number of carbonyl (C=O) groups excluding carboxylic acids is 1. The molecule has 0 amide bonds. The van der Waals surface area contributed by atoms with E-state index < -0.39 is 9.84 Å². The molecule has 0 fully saturated rings. The molecule has 0 unspecified atom stereocenters. The molecule has 0 N–H and O–H groups in total. The Morgan fingerprint density at radius 3 is 2.29 bits per heavy atom. The van der Waals surface area contributed by atoms with E-state index >= 15 is 0 Å². The highest BCUT2D eigenvalue weighted by Gasteiger charge is 2.19. The number of hydrogen-bond acceptors (Lipinski definition) is 5. The van der Waals surface area contributed by atoms with Crippen molar-refractivity contribution in [3.8, 4) is 11.5 Å². The van der Waals surface area contributed by atoms with Crippen molar-refractivity contribution in [2.75, 3.05) is 6.26 Å². The Morgan fingerprint density at radius 1 is 0.871 bits per heavy atom. The standard InChI is InChI=1S/C25H23NO4S/c1-16-10-19-12-20(27)14-25(26-24(19)11-17(16)2)18-6-4-7-21(13-18)30-22-8-5-9-23(15-22)31(3,28)29/h4-11,13,15H,12,14H2,1-3H3. The second-order valence-electron chi connectivity index (χ2n) is 7.89. The van der Waals surface area contributed by atoms with Gasteiger partial charge in [-0.1, -0.05) is 24.3 Å². The number of sulfone groups is 1. The van der Waals surface area contributed by atoms with Crippen molar-refractivity contribution in [2.24, 2.45) is 4.99 Å². The first-order chi connectivity index (χ1) is 14.7. The fraction of sp³-hybridized carbons (Fsp3) is 0.200. The molecule has 3 aromatic carbocycles. The van der Waals surface area contributed by atoms with E-state index in [1.54, 1.807) is 18.2 Å². The minimum Gasteiger partial charge on any atom is -0.457 e. The summed E-state index contributed by atoms with van der Waals surface area (Å²) in [4.78, 5) is 17.6. The molecule has 5 nitrogen and oxygen atoms in total. The van der Waals surface area contributed by atoms with E-state index in [1.165, 1.54) is 12.1 Å². The maximum Gasteiger partial charge on any atom is 0.175 e. The van der Waals surface area contributed by atoms with Gasteiger partial charge in [-0.05, 0) is 66.9 Å². The van der Waals surface area contributed by atoms with Gasteiger partial charge in [-0.25, -0.2) is 8.42 Å². The van der Waals surface area contributed by atoms with Crippen LogP contribution in [0.3, 0.4) is 0 Å². The molecular weight excluding hydrogens is 410 g/mol. The molecule has 0 spiro atoms. The predicted octanol–water partition coefficient (Wildman–Crippen LogP) is 5.14. The molecule has 31 heavy (non-hydrogen) atoms. The van der Waals surface area contributed by atoms with E-state index in [-0.39, 0.29) is 17.1 Å². The number of nitrogens with zero attached hydrogens (tertiary/aromatic N) is 1. The van der Waals surface area contributed by atoms with Gasteiger partial charge in [0.2, 0.25) is 0 Å². The molecular formula is C25H23NO4S. The van der Waals surface area contributed by atoms with Gasteiger partial charge in [0.25, 0.3) is 0 Å². The average Bonchev–Trinajstić information content (AvgIpc) is 2.86. The molecule has 1 heterocycles. The largest absolute Gasteiger partial charge is 0.457 e. The number of benzene rings is 3. The smallest absolute Gasteiger partial charge is 0.175 e. The molecule has 1 aliphatic rings. The van der Waals surface area contributed by atoms with Gasteiger partial charge in [-0.3, -0.25) is 9.79 Å². The fourth-order valence-corrected chi connectivity index (χ4v) is 4.22. The van der Waals surface area contributed by atoms with Gasteiger partial charge in [0.15, 0.2) is 9.84 Å². The van der Waals surface area contributed by atoms with Crippen LogP contribution in [0.4, 0.5) is 5.69 Å². The van der Waals surface area contributed by atoms with Crippen LogP contribution < -0.4 is 4.74 Å². The predicted molar refractivity (Wildman–Crippen MR) is 122 cm³/mol. The van der Waals surface area contributed by atoms with Gasteiger partial charge >= 0.3 is 0 Å². The first-order valence-electron chi connectivity index (χ1n) is 9.97. The quantitative estimate of drug-likeness (QED) is 0.571. The summed E-state index contributed by atoms with van der Waals surface area (Å²) in [6.45, 7) is 4.08. The van der Waals surface area contributed by atoms with Crippen LogP contribution in [-0.4, -0.2) is 26.2 Å². The molecule has 4 rings (SSSR count). The van der Waals surface area contributed by atoms with E-state index in [1.807, 2.05) is 44.2 Å². The molecule has 0 radical (unpaired) electrons. The van der Waals surface area contributed by atoms with Gasteiger partial charge < -0.3 is 4.74 Å². The van der Waals surface area contributed by atoms with E-state index in [4.69, 9.17) is 9.73 Å². The van der Waals surface area contributed by atoms with Gasteiger partial charge in [0, 0.05) is 24.7 Å². The van der Waals surface area contributed by atoms with Gasteiger partial charge in [0.1, 0.15) is 17.3 Å². The van der Waals surface area contributed by atoms with Gasteiger partial charge in [0.05, 0.1) is 16.3 Å². The number of rotatable bonds is 4. The lowest BCUT2D eigenvalue weighted by Gasteiger charge is -2.10. The molecule has 0 saturated heterocycles. The zero-order valence-corrected chi connectivity index (χ0v) is 18.5. The third-order valence-corrected chi connectivity index (χ3v) is 6.45. The monoisotopic (exact) mass is 433 g/mol. The summed E-state index contributed by atoms with van der Waals surface area (Å²) in [6, 6.07) is 17.8. The molecule has 0 aliphatic carbocycles. The first kappa shape index (κ1) is 21.0. The summed E-state index contributed by atoms with van der Waals surface area (Å²) in [6.07, 6.45) is 1.78. The number of aliphatic imine (C=N–C) groups is 1. The second kappa shape index (κ2) is 8.12. The van der Waals surface area contributed by atoms with Crippen LogP contribution in [0.15, 0.2) is 70.6 Å². The molecule has 1 aliphatic heterocycles. The van der Waals surface area contributed by atoms with Crippen LogP contribution in [0.1, 0.15) is 28.7 Å². The molecule has 158 valence electrons. The molecule has 6 heteroatoms. The zero-order valence-electron chi connectivity index (χ0n) is 17.7. The van der Waals surface area contributed by atoms with Crippen LogP contribution in [0.25, 0.3) is 0 Å². The van der Waals surface area contributed by atoms with Gasteiger partial charge in [-0.15, -0.1) is 0 Å². The van der Waals surface area contributed by atoms with Crippen LogP contribution in [0.5, 0.6) is 11.5 Å². The number of ketones is 1. The minimum atomic E-state index is -3.32. The lowest BCUT2D eigenvalue weighted by Crippen LogP contribution is -2.09. The third kappa shape index (κ3) is 4.75. The third-order valence-electron chi connectivity index (χ3n) is 5.34. The Labute approximate surface area is 182 Å². The minimum absolute atomic E-state index is 0.118. The molecule has 0 aromatic heterocycles. The number of fused-ring (bicyclic) bond motifs is 1. The summed E-state index contributed by atoms with van der Waals surface area (Å²) in [7, 11) is -3.32. The summed E-state index contributed by atoms with van der Waals surface area (Å²) < 4.78 is 29.5. The van der Waals surface area contributed by atoms with E-state index in [0.717, 1.165) is 34.2 Å². The maximum atomic E-state index is 12.6. The van der Waals surface area contributed by atoms with Crippen molar-refractivity contribution in [3.63, 3.8) is 0 Å². The van der Waals surface area contributed by atoms with E-state index in [2.05, 4.69) is 0 Å². The van der Waals surface area contributed by atoms with E-state index in [0.29, 0.717) is 23.6 Å². The highest BCUT2D eigenvalue weighted by Crippen LogP contribution is 2.30. The number of Topliss-reactive ketones (excluding diaryl/α,β-unsaturated/α-hetero) is 1. The van der Waals surface area contributed by atoms with Crippen LogP contribution >= 0.6 is 0 Å². The van der Waals surface area contributed by atoms with Crippen LogP contribution in [0.2, 0.25) is 0 Å². The summed E-state index contributed by atoms with van der Waals surface area (Å²) in [5.41, 5.74) is 5.57. The fourth-order valence-electron chi connectivity index (χ4n) is 3.56. The number of ether oxygens (including phenoxy) is 1. The van der Waals surface area contributed by atoms with Crippen molar-refractivity contribution in [1.82, 2.24) is 0 Å². The van der Waals surface area contributed by atoms with Gasteiger partial charge in [-0.2, -0.15) is 0 Å². The van der Waals surface area contributed by atoms with Crippen LogP contribution in [0, 0.1) is 13.8 Å².